The summed E-state index contributed by atoms with van der Waals surface area (Å²) in [4.78, 5) is 29.7. The Kier molecular flexibility index (Phi) is 6.22. The van der Waals surface area contributed by atoms with Gasteiger partial charge in [-0.25, -0.2) is 4.79 Å². The molecule has 0 saturated carbocycles. The van der Waals surface area contributed by atoms with Crippen LogP contribution in [0.1, 0.15) is 36.3 Å². The predicted molar refractivity (Wildman–Crippen MR) is 79.2 cm³/mol. The molecule has 0 aliphatic carbocycles. The van der Waals surface area contributed by atoms with Crippen LogP contribution in [0.4, 0.5) is 0 Å². The van der Waals surface area contributed by atoms with Crippen LogP contribution in [0.25, 0.3) is 0 Å². The number of aliphatic hydroxyl groups is 1. The minimum atomic E-state index is -0.576. The Balaban J connectivity index is 2.80. The topological polar surface area (TPSA) is 95.1 Å². The number of carbonyl (C=O) groups is 1. The van der Waals surface area contributed by atoms with E-state index in [4.69, 9.17) is 0 Å². The molecule has 0 aromatic carbocycles. The lowest BCUT2D eigenvalue weighted by molar-refractivity contribution is 0.0895. The van der Waals surface area contributed by atoms with Crippen molar-refractivity contribution >= 4 is 17.7 Å². The average molecular weight is 299 g/mol. The summed E-state index contributed by atoms with van der Waals surface area (Å²) < 4.78 is 0. The molecule has 1 aromatic rings. The molecule has 1 rings (SSSR count). The fourth-order valence-electron chi connectivity index (χ4n) is 1.90. The maximum Gasteiger partial charge on any atom is 0.346 e. The zero-order chi connectivity index (χ0) is 15.3. The van der Waals surface area contributed by atoms with Crippen LogP contribution < -0.4 is 11.0 Å². The number of nitrogens with zero attached hydrogens (tertiary/aromatic N) is 1. The number of hydrogen-bond donors (Lipinski definition) is 3. The molecule has 0 radical (unpaired) electrons. The zero-order valence-corrected chi connectivity index (χ0v) is 13.0. The molecular formula is C13H21N3O3S. The largest absolute Gasteiger partial charge is 0.391 e. The van der Waals surface area contributed by atoms with E-state index in [2.05, 4.69) is 15.3 Å². The minimum absolute atomic E-state index is 0.184. The van der Waals surface area contributed by atoms with Crippen LogP contribution in [-0.4, -0.2) is 39.9 Å². The van der Waals surface area contributed by atoms with Gasteiger partial charge < -0.3 is 15.4 Å². The third kappa shape index (κ3) is 4.64. The van der Waals surface area contributed by atoms with E-state index >= 15 is 0 Å². The zero-order valence-electron chi connectivity index (χ0n) is 12.2. The van der Waals surface area contributed by atoms with E-state index in [0.717, 1.165) is 0 Å². The summed E-state index contributed by atoms with van der Waals surface area (Å²) in [6, 6.07) is 0. The first-order valence-electron chi connectivity index (χ1n) is 6.46. The number of rotatable bonds is 6. The second-order valence-electron chi connectivity index (χ2n) is 5.04. The molecule has 1 amide bonds. The van der Waals surface area contributed by atoms with Crippen molar-refractivity contribution in [2.75, 3.05) is 12.8 Å². The van der Waals surface area contributed by atoms with Crippen molar-refractivity contribution in [2.24, 2.45) is 5.92 Å². The molecule has 1 unspecified atom stereocenters. The molecule has 0 fully saturated rings. The van der Waals surface area contributed by atoms with Gasteiger partial charge in [0.05, 0.1) is 11.7 Å². The highest BCUT2D eigenvalue weighted by Gasteiger charge is 2.18. The highest BCUT2D eigenvalue weighted by atomic mass is 32.2. The van der Waals surface area contributed by atoms with E-state index < -0.39 is 11.8 Å². The first kappa shape index (κ1) is 16.7. The third-order valence-corrected chi connectivity index (χ3v) is 3.43. The average Bonchev–Trinajstić information content (AvgIpc) is 2.34. The van der Waals surface area contributed by atoms with Crippen molar-refractivity contribution in [3.8, 4) is 0 Å². The molecule has 3 N–H and O–H groups in total. The second-order valence-corrected chi connectivity index (χ2v) is 5.84. The monoisotopic (exact) mass is 299 g/mol. The molecule has 112 valence electrons. The molecule has 0 bridgehead atoms. The lowest BCUT2D eigenvalue weighted by atomic mass is 10.1. The molecular weight excluding hydrogens is 278 g/mol. The van der Waals surface area contributed by atoms with E-state index in [9.17, 15) is 14.7 Å². The maximum absolute atomic E-state index is 12.1. The van der Waals surface area contributed by atoms with Crippen LogP contribution in [0.5, 0.6) is 0 Å². The molecule has 1 atom stereocenters. The van der Waals surface area contributed by atoms with Gasteiger partial charge in [-0.15, -0.1) is 11.8 Å². The summed E-state index contributed by atoms with van der Waals surface area (Å²) in [7, 11) is 0. The van der Waals surface area contributed by atoms with E-state index in [1.807, 2.05) is 13.8 Å². The smallest absolute Gasteiger partial charge is 0.346 e. The van der Waals surface area contributed by atoms with Crippen LogP contribution in [0.2, 0.25) is 0 Å². The molecule has 0 spiro atoms. The molecule has 1 heterocycles. The van der Waals surface area contributed by atoms with Crippen LogP contribution in [0.3, 0.4) is 0 Å². The van der Waals surface area contributed by atoms with Gasteiger partial charge in [-0.2, -0.15) is 4.98 Å². The van der Waals surface area contributed by atoms with Crippen LogP contribution in [0.15, 0.2) is 9.82 Å². The van der Waals surface area contributed by atoms with Gasteiger partial charge in [0.25, 0.3) is 5.91 Å². The van der Waals surface area contributed by atoms with Crippen molar-refractivity contribution < 1.29 is 9.90 Å². The lowest BCUT2D eigenvalue weighted by Crippen LogP contribution is -2.34. The van der Waals surface area contributed by atoms with Crippen molar-refractivity contribution in [3.05, 3.63) is 21.7 Å². The van der Waals surface area contributed by atoms with Gasteiger partial charge in [-0.3, -0.25) is 4.79 Å². The molecule has 1 aromatic heterocycles. The summed E-state index contributed by atoms with van der Waals surface area (Å²) in [5.74, 6) is 0.0264. The number of H-pyrrole nitrogens is 1. The quantitative estimate of drug-likeness (QED) is 0.537. The van der Waals surface area contributed by atoms with Crippen molar-refractivity contribution in [2.45, 2.75) is 38.3 Å². The van der Waals surface area contributed by atoms with Gasteiger partial charge in [0, 0.05) is 12.2 Å². The summed E-state index contributed by atoms with van der Waals surface area (Å²) in [5.41, 5.74) is 0.363. The third-order valence-electron chi connectivity index (χ3n) is 2.75. The fraction of sp³-hybridized carbons (Fsp3) is 0.615. The number of hydrogen-bond acceptors (Lipinski definition) is 5. The van der Waals surface area contributed by atoms with E-state index in [1.165, 1.54) is 11.8 Å². The Morgan fingerprint density at radius 2 is 2.15 bits per heavy atom. The highest BCUT2D eigenvalue weighted by molar-refractivity contribution is 7.98. The number of aliphatic hydroxyl groups excluding tert-OH is 1. The van der Waals surface area contributed by atoms with Crippen molar-refractivity contribution in [1.29, 1.82) is 0 Å². The van der Waals surface area contributed by atoms with E-state index in [1.54, 1.807) is 13.2 Å². The van der Waals surface area contributed by atoms with Gasteiger partial charge in [0.2, 0.25) is 0 Å². The molecule has 6 nitrogen and oxygen atoms in total. The molecule has 0 aliphatic rings. The number of aromatic nitrogens is 2. The summed E-state index contributed by atoms with van der Waals surface area (Å²) >= 11 is 1.24. The first-order chi connectivity index (χ1) is 9.35. The summed E-state index contributed by atoms with van der Waals surface area (Å²) in [5, 5.41) is 12.8. The first-order valence-corrected chi connectivity index (χ1v) is 7.68. The molecule has 0 aliphatic heterocycles. The number of nitrogens with one attached hydrogen (secondary N) is 2. The minimum Gasteiger partial charge on any atom is -0.391 e. The maximum atomic E-state index is 12.1. The van der Waals surface area contributed by atoms with Gasteiger partial charge in [-0.1, -0.05) is 13.8 Å². The lowest BCUT2D eigenvalue weighted by Gasteiger charge is -2.15. The Morgan fingerprint density at radius 3 is 2.70 bits per heavy atom. The van der Waals surface area contributed by atoms with Gasteiger partial charge in [0.1, 0.15) is 5.03 Å². The van der Waals surface area contributed by atoms with Crippen LogP contribution in [-0.2, 0) is 0 Å². The Labute approximate surface area is 122 Å². The van der Waals surface area contributed by atoms with E-state index in [-0.39, 0.29) is 12.5 Å². The fourth-order valence-corrected chi connectivity index (χ4v) is 2.52. The molecule has 0 saturated heterocycles. The summed E-state index contributed by atoms with van der Waals surface area (Å²) in [6.45, 7) is 5.85. The standard InChI is InChI=1S/C13H21N3O3S/c1-7(2)5-9(17)6-14-11(18)10-8(3)15-13(19)16-12(10)20-4/h7,9,17H,5-6H2,1-4H3,(H,14,18)(H,15,16,19). The Hall–Kier alpha value is -1.34. The van der Waals surface area contributed by atoms with Gasteiger partial charge in [-0.05, 0) is 25.5 Å². The summed E-state index contributed by atoms with van der Waals surface area (Å²) in [6.07, 6.45) is 1.80. The van der Waals surface area contributed by atoms with Gasteiger partial charge in [0.15, 0.2) is 0 Å². The number of thioether (sulfide) groups is 1. The SMILES string of the molecule is CSc1nc(=O)[nH]c(C)c1C(=O)NCC(O)CC(C)C. The normalized spacial score (nSPS) is 12.5. The second kappa shape index (κ2) is 7.44. The van der Waals surface area contributed by atoms with Gasteiger partial charge >= 0.3 is 5.69 Å². The number of aryl methyl sites for hydroxylation is 1. The highest BCUT2D eigenvalue weighted by Crippen LogP contribution is 2.17. The van der Waals surface area contributed by atoms with Crippen LogP contribution in [0, 0.1) is 12.8 Å². The number of amides is 1. The van der Waals surface area contributed by atoms with Crippen molar-refractivity contribution in [3.63, 3.8) is 0 Å². The molecule has 7 heteroatoms. The van der Waals surface area contributed by atoms with Crippen LogP contribution >= 0.6 is 11.8 Å². The Bertz CT molecular complexity index is 528. The molecule has 20 heavy (non-hydrogen) atoms. The number of carbonyl (C=O) groups excluding carboxylic acids is 1. The van der Waals surface area contributed by atoms with Crippen molar-refractivity contribution in [1.82, 2.24) is 15.3 Å². The number of aromatic amines is 1. The van der Waals surface area contributed by atoms with E-state index in [0.29, 0.717) is 28.6 Å². The Morgan fingerprint density at radius 1 is 1.50 bits per heavy atom. The predicted octanol–water partition coefficient (Wildman–Crippen LogP) is 0.937.